The van der Waals surface area contributed by atoms with Crippen LogP contribution in [0.15, 0.2) is 41.5 Å². The minimum atomic E-state index is -0.941. The average molecular weight is 288 g/mol. The molecule has 0 amide bonds. The second-order valence-electron chi connectivity index (χ2n) is 4.39. The SMILES string of the molecule is O=c1[nH]c(CNc2ccc(F)c(F)c2)nc2cnccc12. The summed E-state index contributed by atoms with van der Waals surface area (Å²) in [6.07, 6.45) is 3.00. The third kappa shape index (κ3) is 2.71. The molecule has 2 aromatic heterocycles. The monoisotopic (exact) mass is 288 g/mol. The number of benzene rings is 1. The fraction of sp³-hybridized carbons (Fsp3) is 0.0714. The number of nitrogens with one attached hydrogen (secondary N) is 2. The summed E-state index contributed by atoms with van der Waals surface area (Å²) in [6, 6.07) is 5.04. The molecule has 0 bridgehead atoms. The van der Waals surface area contributed by atoms with Crippen LogP contribution in [0.2, 0.25) is 0 Å². The summed E-state index contributed by atoms with van der Waals surface area (Å²) < 4.78 is 25.9. The Morgan fingerprint density at radius 2 is 2.05 bits per heavy atom. The normalized spacial score (nSPS) is 10.8. The highest BCUT2D eigenvalue weighted by molar-refractivity contribution is 5.75. The molecule has 7 heteroatoms. The highest BCUT2D eigenvalue weighted by Gasteiger charge is 2.05. The van der Waals surface area contributed by atoms with Crippen LogP contribution in [0.5, 0.6) is 0 Å². The molecule has 0 saturated heterocycles. The van der Waals surface area contributed by atoms with Crippen molar-refractivity contribution in [3.63, 3.8) is 0 Å². The molecule has 106 valence electrons. The summed E-state index contributed by atoms with van der Waals surface area (Å²) in [5.41, 5.74) is 0.593. The van der Waals surface area contributed by atoms with E-state index in [0.717, 1.165) is 12.1 Å². The standard InChI is InChI=1S/C14H10F2N4O/c15-10-2-1-8(5-11(10)16)18-7-13-19-12-6-17-4-3-9(12)14(21)20-13/h1-6,18H,7H2,(H,19,20,21). The van der Waals surface area contributed by atoms with E-state index in [-0.39, 0.29) is 12.1 Å². The number of anilines is 1. The van der Waals surface area contributed by atoms with Crippen LogP contribution in [0.25, 0.3) is 10.9 Å². The zero-order valence-corrected chi connectivity index (χ0v) is 10.7. The maximum absolute atomic E-state index is 13.1. The zero-order chi connectivity index (χ0) is 14.8. The predicted molar refractivity (Wildman–Crippen MR) is 73.8 cm³/mol. The van der Waals surface area contributed by atoms with Crippen molar-refractivity contribution in [1.29, 1.82) is 0 Å². The number of hydrogen-bond donors (Lipinski definition) is 2. The first-order chi connectivity index (χ1) is 10.1. The van der Waals surface area contributed by atoms with Crippen molar-refractivity contribution < 1.29 is 8.78 Å². The lowest BCUT2D eigenvalue weighted by Gasteiger charge is -2.07. The fourth-order valence-corrected chi connectivity index (χ4v) is 1.91. The van der Waals surface area contributed by atoms with E-state index in [1.807, 2.05) is 0 Å². The average Bonchev–Trinajstić information content (AvgIpc) is 2.49. The Morgan fingerprint density at radius 1 is 1.19 bits per heavy atom. The lowest BCUT2D eigenvalue weighted by molar-refractivity contribution is 0.509. The lowest BCUT2D eigenvalue weighted by atomic mass is 10.3. The van der Waals surface area contributed by atoms with E-state index in [1.54, 1.807) is 6.07 Å². The van der Waals surface area contributed by atoms with Crippen molar-refractivity contribution in [2.24, 2.45) is 0 Å². The maximum atomic E-state index is 13.1. The molecule has 3 aromatic rings. The molecule has 0 atom stereocenters. The Bertz CT molecular complexity index is 863. The Balaban J connectivity index is 1.85. The maximum Gasteiger partial charge on any atom is 0.258 e. The molecular formula is C14H10F2N4O. The van der Waals surface area contributed by atoms with Gasteiger partial charge in [-0.1, -0.05) is 0 Å². The van der Waals surface area contributed by atoms with Gasteiger partial charge in [-0.2, -0.15) is 0 Å². The summed E-state index contributed by atoms with van der Waals surface area (Å²) in [7, 11) is 0. The van der Waals surface area contributed by atoms with Crippen molar-refractivity contribution in [3.05, 3.63) is 64.5 Å². The number of hydrogen-bond acceptors (Lipinski definition) is 4. The van der Waals surface area contributed by atoms with Crippen molar-refractivity contribution in [1.82, 2.24) is 15.0 Å². The van der Waals surface area contributed by atoms with Gasteiger partial charge < -0.3 is 10.3 Å². The van der Waals surface area contributed by atoms with Crippen LogP contribution in [0.4, 0.5) is 14.5 Å². The zero-order valence-electron chi connectivity index (χ0n) is 10.7. The van der Waals surface area contributed by atoms with Crippen LogP contribution in [-0.2, 0) is 6.54 Å². The van der Waals surface area contributed by atoms with Crippen molar-refractivity contribution in [2.75, 3.05) is 5.32 Å². The molecule has 0 saturated carbocycles. The highest BCUT2D eigenvalue weighted by Crippen LogP contribution is 2.13. The van der Waals surface area contributed by atoms with E-state index in [9.17, 15) is 13.6 Å². The lowest BCUT2D eigenvalue weighted by Crippen LogP contribution is -2.14. The predicted octanol–water partition coefficient (Wildman–Crippen LogP) is 2.21. The van der Waals surface area contributed by atoms with Crippen molar-refractivity contribution >= 4 is 16.6 Å². The summed E-state index contributed by atoms with van der Waals surface area (Å²) in [6.45, 7) is 0.172. The molecule has 2 heterocycles. The van der Waals surface area contributed by atoms with Gasteiger partial charge in [0.25, 0.3) is 5.56 Å². The first kappa shape index (κ1) is 13.2. The smallest absolute Gasteiger partial charge is 0.258 e. The van der Waals surface area contributed by atoms with Crippen LogP contribution in [-0.4, -0.2) is 15.0 Å². The molecule has 21 heavy (non-hydrogen) atoms. The van der Waals surface area contributed by atoms with Gasteiger partial charge in [0.2, 0.25) is 0 Å². The topological polar surface area (TPSA) is 70.7 Å². The summed E-state index contributed by atoms with van der Waals surface area (Å²) >= 11 is 0. The Labute approximate surface area is 117 Å². The van der Waals surface area contributed by atoms with E-state index >= 15 is 0 Å². The van der Waals surface area contributed by atoms with Crippen molar-refractivity contribution in [3.8, 4) is 0 Å². The van der Waals surface area contributed by atoms with Gasteiger partial charge in [-0.15, -0.1) is 0 Å². The molecule has 3 rings (SSSR count). The number of aromatic nitrogens is 3. The van der Waals surface area contributed by atoms with E-state index in [1.165, 1.54) is 18.5 Å². The van der Waals surface area contributed by atoms with Crippen LogP contribution < -0.4 is 10.9 Å². The highest BCUT2D eigenvalue weighted by atomic mass is 19.2. The first-order valence-corrected chi connectivity index (χ1v) is 6.15. The molecule has 0 aliphatic rings. The number of rotatable bonds is 3. The minimum absolute atomic E-state index is 0.172. The molecular weight excluding hydrogens is 278 g/mol. The molecule has 0 aliphatic carbocycles. The van der Waals surface area contributed by atoms with Crippen LogP contribution in [0, 0.1) is 11.6 Å². The molecule has 5 nitrogen and oxygen atoms in total. The quantitative estimate of drug-likeness (QED) is 0.775. The van der Waals surface area contributed by atoms with E-state index in [2.05, 4.69) is 20.3 Å². The number of fused-ring (bicyclic) bond motifs is 1. The van der Waals surface area contributed by atoms with Gasteiger partial charge in [0.05, 0.1) is 23.6 Å². The molecule has 0 aliphatic heterocycles. The van der Waals surface area contributed by atoms with Gasteiger partial charge in [-0.05, 0) is 18.2 Å². The fourth-order valence-electron chi connectivity index (χ4n) is 1.91. The van der Waals surface area contributed by atoms with E-state index < -0.39 is 11.6 Å². The minimum Gasteiger partial charge on any atom is -0.378 e. The van der Waals surface area contributed by atoms with Gasteiger partial charge in [-0.3, -0.25) is 9.78 Å². The summed E-state index contributed by atoms with van der Waals surface area (Å²) in [5, 5.41) is 3.31. The van der Waals surface area contributed by atoms with Crippen LogP contribution >= 0.6 is 0 Å². The van der Waals surface area contributed by atoms with Gasteiger partial charge in [0, 0.05) is 18.0 Å². The van der Waals surface area contributed by atoms with Crippen molar-refractivity contribution in [2.45, 2.75) is 6.54 Å². The third-order valence-electron chi connectivity index (χ3n) is 2.94. The molecule has 2 N–H and O–H groups in total. The van der Waals surface area contributed by atoms with E-state index in [0.29, 0.717) is 22.4 Å². The molecule has 0 radical (unpaired) electrons. The number of aromatic amines is 1. The summed E-state index contributed by atoms with van der Waals surface area (Å²) in [4.78, 5) is 22.6. The van der Waals surface area contributed by atoms with E-state index in [4.69, 9.17) is 0 Å². The Hall–Kier alpha value is -2.83. The number of pyridine rings is 1. The Kier molecular flexibility index (Phi) is 3.31. The number of H-pyrrole nitrogens is 1. The third-order valence-corrected chi connectivity index (χ3v) is 2.94. The second-order valence-corrected chi connectivity index (χ2v) is 4.39. The van der Waals surface area contributed by atoms with Gasteiger partial charge in [0.1, 0.15) is 5.82 Å². The van der Waals surface area contributed by atoms with Gasteiger partial charge >= 0.3 is 0 Å². The molecule has 0 fully saturated rings. The molecule has 0 spiro atoms. The molecule has 1 aromatic carbocycles. The second kappa shape index (κ2) is 5.28. The summed E-state index contributed by atoms with van der Waals surface area (Å²) in [5.74, 6) is -1.47. The molecule has 0 unspecified atom stereocenters. The van der Waals surface area contributed by atoms with Crippen LogP contribution in [0.3, 0.4) is 0 Å². The largest absolute Gasteiger partial charge is 0.378 e. The van der Waals surface area contributed by atoms with Gasteiger partial charge in [0.15, 0.2) is 11.6 Å². The van der Waals surface area contributed by atoms with Crippen LogP contribution in [0.1, 0.15) is 5.82 Å². The Morgan fingerprint density at radius 3 is 2.86 bits per heavy atom. The number of nitrogens with zero attached hydrogens (tertiary/aromatic N) is 2. The van der Waals surface area contributed by atoms with Gasteiger partial charge in [-0.25, -0.2) is 13.8 Å². The number of halogens is 2. The first-order valence-electron chi connectivity index (χ1n) is 6.15.